The molecular formula is C31H23F2N5O2S. The van der Waals surface area contributed by atoms with Crippen LogP contribution in [0.4, 0.5) is 14.5 Å². The summed E-state index contributed by atoms with van der Waals surface area (Å²) in [4.78, 5) is 25.8. The normalized spacial score (nSPS) is 11.2. The minimum absolute atomic E-state index is 0.297. The van der Waals surface area contributed by atoms with Crippen molar-refractivity contribution < 1.29 is 18.0 Å². The molecule has 7 nitrogen and oxygen atoms in total. The number of thiol groups is 1. The quantitative estimate of drug-likeness (QED) is 0.184. The van der Waals surface area contributed by atoms with Crippen molar-refractivity contribution in [3.63, 3.8) is 0 Å². The molecule has 0 atom stereocenters. The largest absolute Gasteiger partial charge is 0.455 e. The predicted octanol–water partition coefficient (Wildman–Crippen LogP) is 7.27. The first kappa shape index (κ1) is 26.3. The monoisotopic (exact) mass is 567 g/mol. The van der Waals surface area contributed by atoms with Gasteiger partial charge in [0.15, 0.2) is 0 Å². The first-order valence-corrected chi connectivity index (χ1v) is 13.0. The Hall–Kier alpha value is -4.96. The highest BCUT2D eigenvalue weighted by atomic mass is 32.1. The van der Waals surface area contributed by atoms with Crippen LogP contribution in [0.5, 0.6) is 0 Å². The van der Waals surface area contributed by atoms with Gasteiger partial charge in [0.2, 0.25) is 0 Å². The van der Waals surface area contributed by atoms with E-state index in [4.69, 9.17) is 9.40 Å². The average Bonchev–Trinajstić information content (AvgIpc) is 3.58. The number of rotatable bonds is 6. The van der Waals surface area contributed by atoms with Gasteiger partial charge in [-0.25, -0.2) is 13.8 Å². The number of halogens is 2. The van der Waals surface area contributed by atoms with Gasteiger partial charge in [0, 0.05) is 47.6 Å². The zero-order valence-electron chi connectivity index (χ0n) is 22.0. The lowest BCUT2D eigenvalue weighted by Crippen LogP contribution is -2.18. The van der Waals surface area contributed by atoms with Gasteiger partial charge in [-0.15, -0.1) is 0 Å². The zero-order valence-corrected chi connectivity index (χ0v) is 22.9. The number of aromatic amines is 1. The van der Waals surface area contributed by atoms with Crippen molar-refractivity contribution >= 4 is 52.4 Å². The summed E-state index contributed by atoms with van der Waals surface area (Å²) in [5, 5.41) is 3.63. The maximum Gasteiger partial charge on any atom is 0.255 e. The number of hydrogen-bond acceptors (Lipinski definition) is 6. The number of carbonyl (C=O) groups is 1. The van der Waals surface area contributed by atoms with E-state index in [0.29, 0.717) is 72.8 Å². The first-order chi connectivity index (χ1) is 19.8. The van der Waals surface area contributed by atoms with Gasteiger partial charge in [-0.3, -0.25) is 9.78 Å². The second-order valence-corrected chi connectivity index (χ2v) is 9.96. The summed E-state index contributed by atoms with van der Waals surface area (Å²) in [6.07, 6.45) is 3.18. The number of benzene rings is 3. The molecule has 0 spiro atoms. The molecule has 0 bridgehead atoms. The summed E-state index contributed by atoms with van der Waals surface area (Å²) < 4.78 is 35.9. The SMILES string of the molecule is C=Cc1ncc(-c2cc3c(C(=O)NC)c(-c4ccc(F)cc4)oc3cc2N(C)S)nc1-c1cc2c(F)cccc2[nH]1. The van der Waals surface area contributed by atoms with Crippen LogP contribution in [0, 0.1) is 11.6 Å². The van der Waals surface area contributed by atoms with E-state index in [0.717, 1.165) is 0 Å². The number of H-pyrrole nitrogens is 1. The van der Waals surface area contributed by atoms with Crippen LogP contribution in [-0.4, -0.2) is 35.0 Å². The predicted molar refractivity (Wildman–Crippen MR) is 161 cm³/mol. The number of aromatic nitrogens is 3. The van der Waals surface area contributed by atoms with Crippen LogP contribution >= 0.6 is 12.8 Å². The van der Waals surface area contributed by atoms with E-state index in [1.165, 1.54) is 25.2 Å². The molecule has 0 fully saturated rings. The Kier molecular flexibility index (Phi) is 6.55. The van der Waals surface area contributed by atoms with E-state index in [-0.39, 0.29) is 11.7 Å². The molecule has 0 saturated heterocycles. The maximum atomic E-state index is 14.5. The van der Waals surface area contributed by atoms with E-state index in [1.807, 2.05) is 0 Å². The van der Waals surface area contributed by atoms with Crippen LogP contribution in [0.2, 0.25) is 0 Å². The van der Waals surface area contributed by atoms with Crippen LogP contribution < -0.4 is 9.62 Å². The summed E-state index contributed by atoms with van der Waals surface area (Å²) >= 11 is 4.54. The fourth-order valence-electron chi connectivity index (χ4n) is 4.88. The Morgan fingerprint density at radius 2 is 1.90 bits per heavy atom. The fourth-order valence-corrected chi connectivity index (χ4v) is 5.05. The van der Waals surface area contributed by atoms with E-state index in [1.54, 1.807) is 66.1 Å². The number of fused-ring (bicyclic) bond motifs is 2. The fraction of sp³-hybridized carbons (Fsp3) is 0.0645. The molecule has 204 valence electrons. The molecule has 2 N–H and O–H groups in total. The third-order valence-corrected chi connectivity index (χ3v) is 7.07. The van der Waals surface area contributed by atoms with Crippen LogP contribution in [0.1, 0.15) is 16.1 Å². The molecule has 41 heavy (non-hydrogen) atoms. The van der Waals surface area contributed by atoms with Gasteiger partial charge in [-0.2, -0.15) is 0 Å². The van der Waals surface area contributed by atoms with Crippen molar-refractivity contribution in [2.45, 2.75) is 0 Å². The van der Waals surface area contributed by atoms with Gasteiger partial charge in [0.25, 0.3) is 5.91 Å². The number of nitrogens with zero attached hydrogens (tertiary/aromatic N) is 3. The number of hydrogen-bond donors (Lipinski definition) is 3. The molecule has 0 radical (unpaired) electrons. The maximum absolute atomic E-state index is 14.5. The van der Waals surface area contributed by atoms with Crippen molar-refractivity contribution in [1.29, 1.82) is 0 Å². The Balaban J connectivity index is 1.59. The molecule has 3 aromatic carbocycles. The highest BCUT2D eigenvalue weighted by Crippen LogP contribution is 2.41. The smallest absolute Gasteiger partial charge is 0.255 e. The molecule has 1 amide bonds. The van der Waals surface area contributed by atoms with E-state index in [2.05, 4.69) is 34.7 Å². The zero-order chi connectivity index (χ0) is 28.8. The van der Waals surface area contributed by atoms with Crippen molar-refractivity contribution in [3.05, 3.63) is 96.3 Å². The van der Waals surface area contributed by atoms with Crippen molar-refractivity contribution in [2.24, 2.45) is 0 Å². The molecule has 3 heterocycles. The lowest BCUT2D eigenvalue weighted by Gasteiger charge is -2.17. The molecule has 0 aliphatic carbocycles. The third kappa shape index (κ3) is 4.52. The Bertz CT molecular complexity index is 1980. The van der Waals surface area contributed by atoms with Gasteiger partial charge in [0.1, 0.15) is 28.7 Å². The van der Waals surface area contributed by atoms with Crippen molar-refractivity contribution in [2.75, 3.05) is 18.4 Å². The van der Waals surface area contributed by atoms with Gasteiger partial charge < -0.3 is 19.0 Å². The molecular weight excluding hydrogens is 544 g/mol. The number of nitrogens with one attached hydrogen (secondary N) is 2. The molecule has 0 unspecified atom stereocenters. The first-order valence-electron chi connectivity index (χ1n) is 12.6. The standard InChI is InChI=1S/C31H23F2N5O2S/c1-4-22-29(24-13-18-21(33)6-5-7-23(18)36-24)37-25(15-35-22)19-12-20-27(14-26(19)38(3)41)40-30(28(20)31(39)34-2)16-8-10-17(32)11-9-16/h4-15,36,41H,1H2,2-3H3,(H,34,39). The molecule has 0 aliphatic heterocycles. The molecule has 10 heteroatoms. The molecule has 0 aliphatic rings. The van der Waals surface area contributed by atoms with Gasteiger partial charge in [-0.05, 0) is 54.6 Å². The highest BCUT2D eigenvalue weighted by Gasteiger charge is 2.25. The summed E-state index contributed by atoms with van der Waals surface area (Å²) in [5.41, 5.74) is 5.21. The number of carbonyl (C=O) groups excluding carboxylic acids is 1. The molecule has 6 rings (SSSR count). The highest BCUT2D eigenvalue weighted by molar-refractivity contribution is 7.81. The van der Waals surface area contributed by atoms with E-state index >= 15 is 0 Å². The van der Waals surface area contributed by atoms with E-state index < -0.39 is 5.82 Å². The van der Waals surface area contributed by atoms with Crippen LogP contribution in [0.25, 0.3) is 61.9 Å². The van der Waals surface area contributed by atoms with Crippen LogP contribution in [0.3, 0.4) is 0 Å². The molecule has 6 aromatic rings. The Morgan fingerprint density at radius 1 is 1.12 bits per heavy atom. The van der Waals surface area contributed by atoms with Crippen molar-refractivity contribution in [1.82, 2.24) is 20.3 Å². The van der Waals surface area contributed by atoms with Crippen LogP contribution in [-0.2, 0) is 0 Å². The summed E-state index contributed by atoms with van der Waals surface area (Å²) in [6, 6.07) is 15.8. The Morgan fingerprint density at radius 3 is 2.59 bits per heavy atom. The number of anilines is 1. The lowest BCUT2D eigenvalue weighted by molar-refractivity contribution is 0.0964. The third-order valence-electron chi connectivity index (χ3n) is 6.85. The summed E-state index contributed by atoms with van der Waals surface area (Å²) in [7, 11) is 3.28. The number of amides is 1. The topological polar surface area (TPSA) is 87.1 Å². The van der Waals surface area contributed by atoms with Gasteiger partial charge >= 0.3 is 0 Å². The van der Waals surface area contributed by atoms with E-state index in [9.17, 15) is 13.6 Å². The van der Waals surface area contributed by atoms with Crippen LogP contribution in [0.15, 0.2) is 77.9 Å². The minimum atomic E-state index is -0.400. The summed E-state index contributed by atoms with van der Waals surface area (Å²) in [6.45, 7) is 3.86. The number of furan rings is 1. The molecule has 0 saturated carbocycles. The summed E-state index contributed by atoms with van der Waals surface area (Å²) in [5.74, 6) is -0.812. The lowest BCUT2D eigenvalue weighted by atomic mass is 10.0. The minimum Gasteiger partial charge on any atom is -0.455 e. The second kappa shape index (κ2) is 10.2. The van der Waals surface area contributed by atoms with Gasteiger partial charge in [0.05, 0.1) is 34.5 Å². The second-order valence-electron chi connectivity index (χ2n) is 9.36. The Labute approximate surface area is 239 Å². The van der Waals surface area contributed by atoms with Crippen molar-refractivity contribution in [3.8, 4) is 34.0 Å². The average molecular weight is 568 g/mol. The molecule has 3 aromatic heterocycles. The van der Waals surface area contributed by atoms with Gasteiger partial charge in [-0.1, -0.05) is 25.5 Å².